The van der Waals surface area contributed by atoms with Crippen molar-refractivity contribution in [1.29, 1.82) is 0 Å². The molecule has 0 bridgehead atoms. The minimum Gasteiger partial charge on any atom is -0.798 e. The molecule has 2 unspecified atom stereocenters. The summed E-state index contributed by atoms with van der Waals surface area (Å²) in [4.78, 5) is 36.8. The van der Waals surface area contributed by atoms with Gasteiger partial charge in [0, 0.05) is 32.4 Å². The number of carbonyl (C=O) groups excluding carboxylic acids is 2. The molecule has 1 aliphatic heterocycles. The maximum Gasteiger partial charge on any atom is 0.222 e. The van der Waals surface area contributed by atoms with Gasteiger partial charge in [0.05, 0.1) is 18.5 Å². The number of furan rings is 1. The number of nitrogens with zero attached hydrogens (tertiary/aromatic N) is 1. The van der Waals surface area contributed by atoms with Gasteiger partial charge in [-0.3, -0.25) is 4.79 Å². The van der Waals surface area contributed by atoms with Crippen LogP contribution in [0.1, 0.15) is 31.4 Å². The normalized spacial score (nSPS) is 20.2. The molecule has 8 heteroatoms. The standard InChI is InChI=1S/C14H20NO6P/c16-13-6-2-1-3-7-15(13)10-22(19,20)12(14(17)18)9-11-5-4-8-21-11/h4-5,8,12H,1-3,6-7,9-10H2,(H,17,18)(H,19,20)/p-2. The Hall–Kier alpha value is -1.59. The van der Waals surface area contributed by atoms with Crippen molar-refractivity contribution in [1.82, 2.24) is 4.90 Å². The molecule has 1 aromatic heterocycles. The van der Waals surface area contributed by atoms with E-state index in [4.69, 9.17) is 4.42 Å². The first kappa shape index (κ1) is 16.8. The monoisotopic (exact) mass is 327 g/mol. The van der Waals surface area contributed by atoms with Crippen LogP contribution in [-0.4, -0.2) is 35.3 Å². The maximum atomic E-state index is 12.4. The van der Waals surface area contributed by atoms with E-state index >= 15 is 0 Å². The first-order valence-electron chi connectivity index (χ1n) is 7.21. The molecule has 1 aromatic rings. The minimum absolute atomic E-state index is 0.247. The van der Waals surface area contributed by atoms with Crippen LogP contribution in [0.3, 0.4) is 0 Å². The zero-order valence-corrected chi connectivity index (χ0v) is 13.0. The van der Waals surface area contributed by atoms with Gasteiger partial charge in [0.15, 0.2) is 0 Å². The second kappa shape index (κ2) is 7.11. The molecule has 1 saturated heterocycles. The van der Waals surface area contributed by atoms with Crippen molar-refractivity contribution in [3.05, 3.63) is 24.2 Å². The molecule has 1 fully saturated rings. The lowest BCUT2D eigenvalue weighted by atomic mass is 10.2. The van der Waals surface area contributed by atoms with Gasteiger partial charge in [0.1, 0.15) is 5.76 Å². The molecule has 22 heavy (non-hydrogen) atoms. The third kappa shape index (κ3) is 4.21. The fourth-order valence-electron chi connectivity index (χ4n) is 2.53. The Bertz CT molecular complexity index is 570. The highest BCUT2D eigenvalue weighted by molar-refractivity contribution is 7.58. The smallest absolute Gasteiger partial charge is 0.222 e. The van der Waals surface area contributed by atoms with Gasteiger partial charge in [-0.25, -0.2) is 0 Å². The number of likely N-dealkylation sites (tertiary alicyclic amines) is 1. The van der Waals surface area contributed by atoms with Crippen molar-refractivity contribution in [2.45, 2.75) is 37.8 Å². The number of carboxylic acid groups (broad SMARTS) is 1. The van der Waals surface area contributed by atoms with E-state index in [1.165, 1.54) is 17.2 Å². The van der Waals surface area contributed by atoms with Crippen LogP contribution in [0.5, 0.6) is 0 Å². The number of amides is 1. The fourth-order valence-corrected chi connectivity index (χ4v) is 4.28. The lowest BCUT2D eigenvalue weighted by Gasteiger charge is -2.37. The summed E-state index contributed by atoms with van der Waals surface area (Å²) in [5, 5.41) is 11.2. The average molecular weight is 327 g/mol. The van der Waals surface area contributed by atoms with Gasteiger partial charge in [-0.1, -0.05) is 6.42 Å². The zero-order valence-electron chi connectivity index (χ0n) is 12.1. The number of rotatable bonds is 6. The molecule has 1 aliphatic rings. The van der Waals surface area contributed by atoms with E-state index in [0.29, 0.717) is 13.0 Å². The average Bonchev–Trinajstić information content (AvgIpc) is 2.88. The topological polar surface area (TPSA) is 114 Å². The Morgan fingerprint density at radius 1 is 1.41 bits per heavy atom. The Kier molecular flexibility index (Phi) is 5.42. The van der Waals surface area contributed by atoms with Gasteiger partial charge < -0.3 is 28.7 Å². The van der Waals surface area contributed by atoms with Crippen LogP contribution in [0, 0.1) is 0 Å². The van der Waals surface area contributed by atoms with E-state index in [1.807, 2.05) is 0 Å². The zero-order chi connectivity index (χ0) is 16.2. The summed E-state index contributed by atoms with van der Waals surface area (Å²) >= 11 is 0. The van der Waals surface area contributed by atoms with E-state index in [-0.39, 0.29) is 18.1 Å². The van der Waals surface area contributed by atoms with Crippen molar-refractivity contribution < 1.29 is 28.6 Å². The Labute approximate surface area is 128 Å². The molecular weight excluding hydrogens is 309 g/mol. The second-order valence-electron chi connectivity index (χ2n) is 5.45. The van der Waals surface area contributed by atoms with E-state index in [9.17, 15) is 24.2 Å². The van der Waals surface area contributed by atoms with E-state index < -0.39 is 25.3 Å². The largest absolute Gasteiger partial charge is 0.798 e. The van der Waals surface area contributed by atoms with Crippen molar-refractivity contribution in [3.8, 4) is 0 Å². The molecule has 0 aliphatic carbocycles. The first-order valence-corrected chi connectivity index (χ1v) is 9.09. The third-order valence-corrected chi connectivity index (χ3v) is 5.84. The summed E-state index contributed by atoms with van der Waals surface area (Å²) in [5.41, 5.74) is -1.70. The van der Waals surface area contributed by atoms with Crippen LogP contribution in [0.15, 0.2) is 22.8 Å². The molecule has 0 aromatic carbocycles. The van der Waals surface area contributed by atoms with Crippen LogP contribution >= 0.6 is 7.37 Å². The molecule has 0 spiro atoms. The van der Waals surface area contributed by atoms with Gasteiger partial charge in [-0.05, 0) is 25.0 Å². The molecular formula is C14H18NO6P-2. The quantitative estimate of drug-likeness (QED) is 0.676. The highest BCUT2D eigenvalue weighted by Gasteiger charge is 2.29. The van der Waals surface area contributed by atoms with Gasteiger partial charge in [0.25, 0.3) is 0 Å². The summed E-state index contributed by atoms with van der Waals surface area (Å²) in [6.45, 7) is 0.339. The van der Waals surface area contributed by atoms with Crippen molar-refractivity contribution in [2.24, 2.45) is 0 Å². The van der Waals surface area contributed by atoms with E-state index in [1.54, 1.807) is 6.07 Å². The van der Waals surface area contributed by atoms with Crippen molar-refractivity contribution >= 4 is 19.2 Å². The molecule has 0 saturated carbocycles. The first-order chi connectivity index (χ1) is 10.4. The maximum absolute atomic E-state index is 12.4. The summed E-state index contributed by atoms with van der Waals surface area (Å²) in [7, 11) is -4.39. The number of carboxylic acids is 1. The predicted molar refractivity (Wildman–Crippen MR) is 73.9 cm³/mol. The highest BCUT2D eigenvalue weighted by Crippen LogP contribution is 2.44. The van der Waals surface area contributed by atoms with Crippen LogP contribution in [0.4, 0.5) is 0 Å². The molecule has 0 radical (unpaired) electrons. The summed E-state index contributed by atoms with van der Waals surface area (Å²) in [6.07, 6.45) is 3.10. The number of aliphatic carboxylic acids is 1. The fraction of sp³-hybridized carbons (Fsp3) is 0.571. The number of hydrogen-bond donors (Lipinski definition) is 0. The van der Waals surface area contributed by atoms with Gasteiger partial charge in [0.2, 0.25) is 5.91 Å². The van der Waals surface area contributed by atoms with Crippen LogP contribution < -0.4 is 10.00 Å². The lowest BCUT2D eigenvalue weighted by molar-refractivity contribution is -0.306. The second-order valence-corrected chi connectivity index (χ2v) is 7.81. The lowest BCUT2D eigenvalue weighted by Crippen LogP contribution is -2.43. The van der Waals surface area contributed by atoms with Crippen LogP contribution in [0.25, 0.3) is 0 Å². The van der Waals surface area contributed by atoms with Crippen molar-refractivity contribution in [3.63, 3.8) is 0 Å². The van der Waals surface area contributed by atoms with E-state index in [0.717, 1.165) is 19.3 Å². The number of carbonyl (C=O) groups is 2. The SMILES string of the molecule is O=C([O-])C(Cc1ccco1)P(=O)([O-])CN1CCCCCC1=O. The minimum atomic E-state index is -4.39. The highest BCUT2D eigenvalue weighted by atomic mass is 31.2. The van der Waals surface area contributed by atoms with Gasteiger partial charge in [-0.15, -0.1) is 0 Å². The Morgan fingerprint density at radius 3 is 2.82 bits per heavy atom. The number of hydrogen-bond acceptors (Lipinski definition) is 6. The van der Waals surface area contributed by atoms with E-state index in [2.05, 4.69) is 0 Å². The molecule has 2 heterocycles. The van der Waals surface area contributed by atoms with Gasteiger partial charge in [-0.2, -0.15) is 0 Å². The predicted octanol–water partition coefficient (Wildman–Crippen LogP) is -0.0609. The molecule has 2 rings (SSSR count). The molecule has 7 nitrogen and oxygen atoms in total. The Morgan fingerprint density at radius 2 is 2.18 bits per heavy atom. The molecule has 2 atom stereocenters. The van der Waals surface area contributed by atoms with Crippen LogP contribution in [0.2, 0.25) is 0 Å². The molecule has 122 valence electrons. The summed E-state index contributed by atoms with van der Waals surface area (Å²) in [5.74, 6) is -1.66. The summed E-state index contributed by atoms with van der Waals surface area (Å²) in [6, 6.07) is 3.06. The van der Waals surface area contributed by atoms with Gasteiger partial charge >= 0.3 is 0 Å². The van der Waals surface area contributed by atoms with Crippen molar-refractivity contribution in [2.75, 3.05) is 12.8 Å². The Balaban J connectivity index is 2.12. The molecule has 1 amide bonds. The summed E-state index contributed by atoms with van der Waals surface area (Å²) < 4.78 is 17.4. The third-order valence-electron chi connectivity index (χ3n) is 3.76. The molecule has 0 N–H and O–H groups in total. The van der Waals surface area contributed by atoms with Crippen LogP contribution in [-0.2, 0) is 20.6 Å².